The third-order valence-electron chi connectivity index (χ3n) is 12.0. The second-order valence-electron chi connectivity index (χ2n) is 18.1. The van der Waals surface area contributed by atoms with Crippen molar-refractivity contribution < 1.29 is 179 Å². The number of aromatic nitrogens is 2. The molecule has 0 saturated carbocycles. The van der Waals surface area contributed by atoms with Crippen LogP contribution >= 0.6 is 0 Å². The fourth-order valence-electron chi connectivity index (χ4n) is 8.44. The maximum Gasteiger partial charge on any atom is 0.397 e. The third kappa shape index (κ3) is 19.8. The first-order valence-electron chi connectivity index (χ1n) is 23.1. The molecule has 6 rings (SSSR count). The van der Waals surface area contributed by atoms with Crippen LogP contribution in [-0.4, -0.2) is 259 Å². The summed E-state index contributed by atoms with van der Waals surface area (Å²) in [5.74, 6) is -5.49. The number of carbonyl (C=O) groups is 3. The van der Waals surface area contributed by atoms with Crippen molar-refractivity contribution in [1.82, 2.24) is 10.0 Å². The van der Waals surface area contributed by atoms with Crippen molar-refractivity contribution in [3.8, 4) is 11.1 Å². The standard InChI is InChI=1S/C26H42N2O37S5.C12H14N2/c1-4(30)27-7-9(31)13(6(56-23(7)39)3-55-67(43,44)45)58-26-19(65-70(52,53)54)12(34)16(20(62-26)22(37)38)60-24-8(28-66(40,41)42)15(63-68(46,47)48)14(5(2-29)57-24)59-25-18(64-69(49,50)51)11(33)10(32)17(61-25)21(35)36;1-13-7-3-11(4-8-13)12-5-9-14(2)10-6-12/h5-20,23-26,28-29,31-34,39H,2-3H2,1H3,(H,27,30)(H,35,36)(H,37,38)(H,40,41,42)(H,43,44,45)(H,46,47,48)(H,49,50,51)(H,52,53,54);3-10H,1-2H3/q;+2/t5-,6+,7-,8-,9-,10-,11-,12+,13-,14-,15-,16+,17-,18+,19-,20+,23-,24+,25+,26-;/m1./s1. The molecule has 46 heteroatoms. The number of rotatable bonds is 22. The van der Waals surface area contributed by atoms with E-state index < -0.39 is 206 Å². The van der Waals surface area contributed by atoms with Crippen LogP contribution in [0.15, 0.2) is 49.1 Å². The van der Waals surface area contributed by atoms with Crippen molar-refractivity contribution in [2.75, 3.05) is 13.2 Å². The first-order valence-corrected chi connectivity index (χ1v) is 30.0. The number of ether oxygens (including phenoxy) is 7. The van der Waals surface area contributed by atoms with Gasteiger partial charge in [0.05, 0.1) is 13.2 Å². The Morgan fingerprint density at radius 3 is 1.39 bits per heavy atom. The van der Waals surface area contributed by atoms with Gasteiger partial charge in [0.25, 0.3) is 0 Å². The average Bonchev–Trinajstić information content (AvgIpc) is 2.85. The molecule has 0 aromatic carbocycles. The number of hydrogen-bond donors (Lipinski definition) is 15. The van der Waals surface area contributed by atoms with Crippen molar-refractivity contribution in [3.05, 3.63) is 49.1 Å². The Morgan fingerprint density at radius 1 is 0.524 bits per heavy atom. The molecule has 2 aromatic rings. The summed E-state index contributed by atoms with van der Waals surface area (Å²) in [6.07, 6.45) is -40.8. The molecule has 0 unspecified atom stereocenters. The van der Waals surface area contributed by atoms with Crippen molar-refractivity contribution >= 4 is 69.7 Å². The molecule has 0 aliphatic carbocycles. The maximum absolute atomic E-state index is 12.7. The van der Waals surface area contributed by atoms with Crippen LogP contribution in [-0.2, 0) is 130 Å². The van der Waals surface area contributed by atoms with Crippen LogP contribution in [0, 0.1) is 0 Å². The lowest BCUT2D eigenvalue weighted by atomic mass is 9.94. The summed E-state index contributed by atoms with van der Waals surface area (Å²) in [5.41, 5.74) is 2.51. The largest absolute Gasteiger partial charge is 0.479 e. The summed E-state index contributed by atoms with van der Waals surface area (Å²) in [6.45, 7) is -2.24. The van der Waals surface area contributed by atoms with E-state index in [1.54, 1.807) is 0 Å². The smallest absolute Gasteiger partial charge is 0.397 e. The summed E-state index contributed by atoms with van der Waals surface area (Å²) < 4.78 is 226. The number of nitrogens with one attached hydrogen (secondary N) is 2. The highest BCUT2D eigenvalue weighted by Crippen LogP contribution is 2.37. The van der Waals surface area contributed by atoms with E-state index in [9.17, 15) is 116 Å². The number of aryl methyl sites for hydroxylation is 2. The van der Waals surface area contributed by atoms with Crippen LogP contribution in [0.3, 0.4) is 0 Å². The van der Waals surface area contributed by atoms with Gasteiger partial charge in [-0.15, -0.1) is 0 Å². The number of aliphatic hydroxyl groups excluding tert-OH is 6. The Morgan fingerprint density at radius 2 is 0.964 bits per heavy atom. The second-order valence-corrected chi connectivity index (χ2v) is 23.5. The fourth-order valence-corrected chi connectivity index (χ4v) is 10.8. The van der Waals surface area contributed by atoms with Crippen molar-refractivity contribution in [1.29, 1.82) is 0 Å². The zero-order chi connectivity index (χ0) is 63.4. The minimum Gasteiger partial charge on any atom is -0.479 e. The Kier molecular flexibility index (Phi) is 23.6. The molecule has 41 nitrogen and oxygen atoms in total. The van der Waals surface area contributed by atoms with Gasteiger partial charge in [0.15, 0.2) is 74.4 Å². The van der Waals surface area contributed by atoms with E-state index in [-0.39, 0.29) is 0 Å². The van der Waals surface area contributed by atoms with E-state index in [0.29, 0.717) is 0 Å². The Labute approximate surface area is 474 Å². The van der Waals surface area contributed by atoms with Gasteiger partial charge in [-0.2, -0.15) is 46.8 Å². The average molecular weight is 1320 g/mol. The summed E-state index contributed by atoms with van der Waals surface area (Å²) in [5, 5.41) is 86.0. The number of nitrogens with zero attached hydrogens (tertiary/aromatic N) is 2. The monoisotopic (exact) mass is 1320 g/mol. The number of pyridine rings is 2. The Hall–Kier alpha value is -4.46. The fraction of sp³-hybridized carbons (Fsp3) is 0.658. The van der Waals surface area contributed by atoms with Gasteiger partial charge in [-0.3, -0.25) is 27.6 Å². The number of amides is 1. The molecule has 4 fully saturated rings. The molecule has 20 atom stereocenters. The third-order valence-corrected chi connectivity index (χ3v) is 14.4. The van der Waals surface area contributed by atoms with E-state index in [1.807, 2.05) is 28.5 Å². The van der Waals surface area contributed by atoms with Crippen LogP contribution in [0.5, 0.6) is 0 Å². The van der Waals surface area contributed by atoms with Gasteiger partial charge in [-0.25, -0.2) is 35.5 Å². The van der Waals surface area contributed by atoms with E-state index in [0.717, 1.165) is 6.92 Å². The number of carboxylic acid groups (broad SMARTS) is 2. The number of carbonyl (C=O) groups excluding carboxylic acids is 1. The van der Waals surface area contributed by atoms with Crippen LogP contribution in [0.1, 0.15) is 6.92 Å². The molecule has 15 N–H and O–H groups in total. The van der Waals surface area contributed by atoms with E-state index in [2.05, 4.69) is 65.8 Å². The first kappa shape index (κ1) is 70.3. The predicted molar refractivity (Wildman–Crippen MR) is 255 cm³/mol. The summed E-state index contributed by atoms with van der Waals surface area (Å²) in [4.78, 5) is 36.4. The van der Waals surface area contributed by atoms with Crippen molar-refractivity contribution in [2.45, 2.75) is 130 Å². The minimum absolute atomic E-state index is 0.840. The molecule has 84 heavy (non-hydrogen) atoms. The van der Waals surface area contributed by atoms with Gasteiger partial charge in [-0.1, -0.05) is 0 Å². The predicted octanol–water partition coefficient (Wildman–Crippen LogP) is -9.71. The molecular formula is C38H56N4O37S5+2. The minimum atomic E-state index is -6.09. The number of aliphatic hydroxyl groups is 6. The highest BCUT2D eigenvalue weighted by Gasteiger charge is 2.60. The molecule has 1 amide bonds. The normalized spacial score (nSPS) is 34.4. The number of hydrogen-bond acceptors (Lipinski definition) is 30. The van der Waals surface area contributed by atoms with Crippen LogP contribution in [0.2, 0.25) is 0 Å². The molecule has 0 spiro atoms. The lowest BCUT2D eigenvalue weighted by molar-refractivity contribution is -0.671. The zero-order valence-corrected chi connectivity index (χ0v) is 46.7. The molecule has 4 aliphatic rings. The second kappa shape index (κ2) is 28.1. The van der Waals surface area contributed by atoms with Gasteiger partial charge in [0.1, 0.15) is 87.2 Å². The summed E-state index contributed by atoms with van der Waals surface area (Å²) in [7, 11) is -25.1. The van der Waals surface area contributed by atoms with Gasteiger partial charge < -0.3 is 79.3 Å². The van der Waals surface area contributed by atoms with Crippen LogP contribution < -0.4 is 19.2 Å². The SMILES string of the molecule is CC(=O)N[C@@H]1[C@@H](O)[C@H](O[C@@H]2O[C@H](C(=O)O)[C@@H](O[C@@H]3O[C@H](CO)[C@@H](O[C@H]4O[C@@H](C(=O)O)[C@H](O)[C@@H](O)[C@@H]4OS(=O)(=O)O)[C@H](OS(=O)(=O)O)[C@H]3NS(=O)(=O)O)[C@H](O)[C@H]2OS(=O)(=O)O)[C@H](COS(=O)(=O)O)O[C@H]1O.C[n+]1ccc(-c2cc[n+](C)cc2)cc1. The molecule has 0 radical (unpaired) electrons. The number of aliphatic carboxylic acids is 2. The van der Waals surface area contributed by atoms with Gasteiger partial charge in [0, 0.05) is 31.2 Å². The molecule has 4 saturated heterocycles. The first-order chi connectivity index (χ1) is 38.6. The lowest BCUT2D eigenvalue weighted by Gasteiger charge is -2.50. The lowest BCUT2D eigenvalue weighted by Crippen LogP contribution is -2.71. The van der Waals surface area contributed by atoms with Gasteiger partial charge in [0.2, 0.25) is 5.91 Å². The summed E-state index contributed by atoms with van der Waals surface area (Å²) >= 11 is 0. The summed E-state index contributed by atoms with van der Waals surface area (Å²) in [6, 6.07) is 3.52. The molecule has 0 bridgehead atoms. The molecule has 4 aliphatic heterocycles. The molecular weight excluding hydrogens is 1260 g/mol. The zero-order valence-electron chi connectivity index (χ0n) is 42.6. The van der Waals surface area contributed by atoms with Gasteiger partial charge in [-0.05, 0) is 11.1 Å². The van der Waals surface area contributed by atoms with Crippen molar-refractivity contribution in [2.24, 2.45) is 14.1 Å². The molecule has 478 valence electrons. The Bertz CT molecular complexity index is 3140. The topological polar surface area (TPSA) is 618 Å². The highest BCUT2D eigenvalue weighted by molar-refractivity contribution is 7.83. The van der Waals surface area contributed by atoms with E-state index in [4.69, 9.17) is 37.7 Å². The van der Waals surface area contributed by atoms with Gasteiger partial charge >= 0.3 is 63.8 Å². The maximum atomic E-state index is 12.7. The molecule has 6 heterocycles. The van der Waals surface area contributed by atoms with Crippen LogP contribution in [0.25, 0.3) is 11.1 Å². The quantitative estimate of drug-likeness (QED) is 0.0384. The highest BCUT2D eigenvalue weighted by atomic mass is 32.3. The van der Waals surface area contributed by atoms with Crippen LogP contribution in [0.4, 0.5) is 0 Å². The number of carboxylic acids is 2. The van der Waals surface area contributed by atoms with E-state index >= 15 is 0 Å². The van der Waals surface area contributed by atoms with Crippen molar-refractivity contribution in [3.63, 3.8) is 0 Å². The molecule has 2 aromatic heterocycles. The van der Waals surface area contributed by atoms with E-state index in [1.165, 1.54) is 15.8 Å². The Balaban J connectivity index is 0.000000796.